The van der Waals surface area contributed by atoms with Gasteiger partial charge in [-0.25, -0.2) is 4.79 Å². The SMILES string of the molecule is CCCCCCCCCCCCCCCCCCC(=O)NCCO[C@H]1O[C@H](CO[C@@H]2O[C@H](C(=O)O)[C@@H](O)[C@H](O)[C@@H]2NC(C)=O)[C@@H](O)[C@H](O)[C@H]1O. The van der Waals surface area contributed by atoms with E-state index in [1.807, 2.05) is 0 Å². The molecule has 0 aromatic rings. The van der Waals surface area contributed by atoms with Crippen LogP contribution in [0.5, 0.6) is 0 Å². The van der Waals surface area contributed by atoms with Crippen LogP contribution in [0.15, 0.2) is 0 Å². The number of hydrogen-bond acceptors (Lipinski definition) is 12. The summed E-state index contributed by atoms with van der Waals surface area (Å²) < 4.78 is 21.9. The van der Waals surface area contributed by atoms with Gasteiger partial charge in [-0.3, -0.25) is 9.59 Å². The molecule has 0 aromatic carbocycles. The summed E-state index contributed by atoms with van der Waals surface area (Å²) in [6.07, 6.45) is 5.68. The van der Waals surface area contributed by atoms with Gasteiger partial charge in [-0.1, -0.05) is 103 Å². The van der Waals surface area contributed by atoms with Crippen LogP contribution in [0.2, 0.25) is 0 Å². The van der Waals surface area contributed by atoms with Crippen molar-refractivity contribution in [2.45, 2.75) is 184 Å². The summed E-state index contributed by atoms with van der Waals surface area (Å²) in [6, 6.07) is -1.37. The first-order valence-electron chi connectivity index (χ1n) is 18.7. The number of hydrogen-bond donors (Lipinski definition) is 8. The maximum atomic E-state index is 12.2. The summed E-state index contributed by atoms with van der Waals surface area (Å²) >= 11 is 0. The highest BCUT2D eigenvalue weighted by molar-refractivity contribution is 5.76. The summed E-state index contributed by atoms with van der Waals surface area (Å²) in [6.45, 7) is 2.89. The molecule has 292 valence electrons. The van der Waals surface area contributed by atoms with Crippen molar-refractivity contribution in [3.05, 3.63) is 0 Å². The van der Waals surface area contributed by atoms with Crippen LogP contribution >= 0.6 is 0 Å². The van der Waals surface area contributed by atoms with Crippen molar-refractivity contribution >= 4 is 17.8 Å². The number of unbranched alkanes of at least 4 members (excludes halogenated alkanes) is 15. The van der Waals surface area contributed by atoms with Gasteiger partial charge in [0.15, 0.2) is 18.7 Å². The molecule has 2 aliphatic rings. The molecule has 0 aliphatic carbocycles. The van der Waals surface area contributed by atoms with E-state index in [4.69, 9.17) is 18.9 Å². The Labute approximate surface area is 296 Å². The molecule has 15 heteroatoms. The van der Waals surface area contributed by atoms with Crippen LogP contribution < -0.4 is 10.6 Å². The summed E-state index contributed by atoms with van der Waals surface area (Å²) in [5.74, 6) is -2.33. The Kier molecular flexibility index (Phi) is 22.2. The van der Waals surface area contributed by atoms with Crippen LogP contribution in [-0.2, 0) is 33.3 Å². The molecule has 2 saturated heterocycles. The monoisotopic (exact) mass is 720 g/mol. The third-order valence-electron chi connectivity index (χ3n) is 9.27. The van der Waals surface area contributed by atoms with Crippen LogP contribution in [-0.4, -0.2) is 130 Å². The second-order valence-electron chi connectivity index (χ2n) is 13.6. The number of carbonyl (C=O) groups excluding carboxylic acids is 2. The molecule has 2 heterocycles. The molecule has 2 fully saturated rings. The van der Waals surface area contributed by atoms with E-state index >= 15 is 0 Å². The molecule has 50 heavy (non-hydrogen) atoms. The predicted molar refractivity (Wildman–Crippen MR) is 182 cm³/mol. The Morgan fingerprint density at radius 3 is 1.70 bits per heavy atom. The Morgan fingerprint density at radius 1 is 0.640 bits per heavy atom. The molecule has 2 amide bonds. The first-order valence-corrected chi connectivity index (χ1v) is 18.7. The van der Waals surface area contributed by atoms with Gasteiger partial charge in [0.05, 0.1) is 13.2 Å². The van der Waals surface area contributed by atoms with Crippen molar-refractivity contribution in [3.63, 3.8) is 0 Å². The zero-order valence-electron chi connectivity index (χ0n) is 30.0. The highest BCUT2D eigenvalue weighted by Crippen LogP contribution is 2.26. The van der Waals surface area contributed by atoms with Crippen molar-refractivity contribution < 1.29 is 64.0 Å². The molecule has 0 unspecified atom stereocenters. The van der Waals surface area contributed by atoms with Gasteiger partial charge in [-0.2, -0.15) is 0 Å². The maximum Gasteiger partial charge on any atom is 0.335 e. The van der Waals surface area contributed by atoms with E-state index in [-0.39, 0.29) is 19.1 Å². The molecular formula is C35H64N2O13. The van der Waals surface area contributed by atoms with Gasteiger partial charge in [-0.15, -0.1) is 0 Å². The van der Waals surface area contributed by atoms with Crippen LogP contribution in [0.25, 0.3) is 0 Å². The first kappa shape index (κ1) is 44.2. The van der Waals surface area contributed by atoms with Crippen molar-refractivity contribution in [3.8, 4) is 0 Å². The van der Waals surface area contributed by atoms with Gasteiger partial charge < -0.3 is 60.2 Å². The third kappa shape index (κ3) is 16.2. The number of aliphatic carboxylic acids is 1. The summed E-state index contributed by atoms with van der Waals surface area (Å²) in [5, 5.41) is 66.2. The normalized spacial score (nSPS) is 29.8. The molecule has 0 spiro atoms. The topological polar surface area (TPSA) is 234 Å². The lowest BCUT2D eigenvalue weighted by Gasteiger charge is -2.43. The highest BCUT2D eigenvalue weighted by Gasteiger charge is 2.50. The maximum absolute atomic E-state index is 12.2. The van der Waals surface area contributed by atoms with Crippen molar-refractivity contribution in [1.29, 1.82) is 0 Å². The zero-order valence-corrected chi connectivity index (χ0v) is 30.0. The Bertz CT molecular complexity index is 960. The molecule has 0 aromatic heterocycles. The minimum Gasteiger partial charge on any atom is -0.479 e. The van der Waals surface area contributed by atoms with Crippen molar-refractivity contribution in [2.75, 3.05) is 19.8 Å². The lowest BCUT2D eigenvalue weighted by molar-refractivity contribution is -0.317. The number of aliphatic hydroxyl groups excluding tert-OH is 5. The van der Waals surface area contributed by atoms with Gasteiger partial charge in [0.2, 0.25) is 11.8 Å². The van der Waals surface area contributed by atoms with Crippen LogP contribution in [0.4, 0.5) is 0 Å². The average molecular weight is 721 g/mol. The molecule has 8 N–H and O–H groups in total. The minimum absolute atomic E-state index is 0.0659. The van der Waals surface area contributed by atoms with Crippen molar-refractivity contribution in [2.24, 2.45) is 0 Å². The Morgan fingerprint density at radius 2 is 1.18 bits per heavy atom. The summed E-state index contributed by atoms with van der Waals surface area (Å²) in [7, 11) is 0. The molecule has 0 saturated carbocycles. The molecule has 0 bridgehead atoms. The fraction of sp³-hybridized carbons (Fsp3) is 0.914. The van der Waals surface area contributed by atoms with E-state index in [2.05, 4.69) is 17.6 Å². The highest BCUT2D eigenvalue weighted by atomic mass is 16.7. The second-order valence-corrected chi connectivity index (χ2v) is 13.6. The molecule has 2 rings (SSSR count). The van der Waals surface area contributed by atoms with Gasteiger partial charge in [0.25, 0.3) is 0 Å². The van der Waals surface area contributed by atoms with E-state index in [1.54, 1.807) is 0 Å². The van der Waals surface area contributed by atoms with E-state index < -0.39 is 79.8 Å². The second kappa shape index (κ2) is 25.1. The van der Waals surface area contributed by atoms with Gasteiger partial charge in [0, 0.05) is 19.9 Å². The molecule has 15 nitrogen and oxygen atoms in total. The minimum atomic E-state index is -1.88. The first-order chi connectivity index (χ1) is 24.0. The predicted octanol–water partition coefficient (Wildman–Crippen LogP) is 1.63. The van der Waals surface area contributed by atoms with Crippen LogP contribution in [0.3, 0.4) is 0 Å². The van der Waals surface area contributed by atoms with Crippen molar-refractivity contribution in [1.82, 2.24) is 10.6 Å². The Hall–Kier alpha value is -1.95. The summed E-state index contributed by atoms with van der Waals surface area (Å²) in [4.78, 5) is 35.4. The summed E-state index contributed by atoms with van der Waals surface area (Å²) in [5.41, 5.74) is 0. The van der Waals surface area contributed by atoms with Gasteiger partial charge >= 0.3 is 5.97 Å². The third-order valence-corrected chi connectivity index (χ3v) is 9.27. The number of aliphatic hydroxyl groups is 5. The Balaban J connectivity index is 1.60. The number of ether oxygens (including phenoxy) is 4. The fourth-order valence-electron chi connectivity index (χ4n) is 6.27. The molecule has 2 aliphatic heterocycles. The van der Waals surface area contributed by atoms with Crippen LogP contribution in [0, 0.1) is 0 Å². The number of nitrogens with one attached hydrogen (secondary N) is 2. The number of carbonyl (C=O) groups is 3. The number of carboxylic acids is 1. The number of amides is 2. The fourth-order valence-corrected chi connectivity index (χ4v) is 6.27. The van der Waals surface area contributed by atoms with Gasteiger partial charge in [-0.05, 0) is 6.42 Å². The zero-order chi connectivity index (χ0) is 36.9. The van der Waals surface area contributed by atoms with E-state index in [0.29, 0.717) is 6.42 Å². The lowest BCUT2D eigenvalue weighted by atomic mass is 9.96. The van der Waals surface area contributed by atoms with Gasteiger partial charge in [0.1, 0.15) is 42.7 Å². The van der Waals surface area contributed by atoms with E-state index in [0.717, 1.165) is 26.2 Å². The van der Waals surface area contributed by atoms with E-state index in [9.17, 15) is 45.0 Å². The molecule has 0 radical (unpaired) electrons. The average Bonchev–Trinajstić information content (AvgIpc) is 3.08. The molecular weight excluding hydrogens is 656 g/mol. The largest absolute Gasteiger partial charge is 0.479 e. The van der Waals surface area contributed by atoms with E-state index in [1.165, 1.54) is 83.5 Å². The van der Waals surface area contributed by atoms with Crippen LogP contribution in [0.1, 0.15) is 123 Å². The quantitative estimate of drug-likeness (QED) is 0.0595. The lowest BCUT2D eigenvalue weighted by Crippen LogP contribution is -2.66. The number of carboxylic acid groups (broad SMARTS) is 1. The standard InChI is InChI=1S/C35H64N2O13/c1-3-4-5-6-7-8-9-10-11-12-13-14-15-16-17-18-19-25(39)36-20-21-47-35-31(44)29(42)27(40)24(49-35)22-48-34-26(37-23(2)38)28(41)30(43)32(50-34)33(45)46/h24,26-32,34-35,40-44H,3-22H2,1-2H3,(H,36,39)(H,37,38)(H,45,46)/t24-,26+,27-,28-,29+,30+,31-,32+,34-,35+/m1/s1. The number of rotatable bonds is 26. The molecule has 10 atom stereocenters. The smallest absolute Gasteiger partial charge is 0.335 e.